The first-order valence-electron chi connectivity index (χ1n) is 1.47. The van der Waals surface area contributed by atoms with Gasteiger partial charge in [0.05, 0.1) is 0 Å². The number of rotatable bonds is 2. The zero-order chi connectivity index (χ0) is 4.12. The van der Waals surface area contributed by atoms with E-state index in [1.54, 1.807) is 5.48 Å². The Balaban J connectivity index is 0. The molecule has 0 aliphatic carbocycles. The predicted molar refractivity (Wildman–Crippen MR) is 20.4 cm³/mol. The van der Waals surface area contributed by atoms with E-state index < -0.39 is 0 Å². The minimum atomic E-state index is 0. The van der Waals surface area contributed by atoms with Crippen molar-refractivity contribution in [1.82, 2.24) is 5.48 Å². The van der Waals surface area contributed by atoms with Gasteiger partial charge in [-0.15, -0.1) is 0 Å². The van der Waals surface area contributed by atoms with Gasteiger partial charge in [-0.3, -0.25) is 0 Å². The third-order valence-electron chi connectivity index (χ3n) is 0.246. The van der Waals surface area contributed by atoms with Crippen LogP contribution in [0.25, 0.3) is 0 Å². The molecule has 0 atom stereocenters. The van der Waals surface area contributed by atoms with Crippen LogP contribution in [-0.2, 0) is 0 Å². The van der Waals surface area contributed by atoms with E-state index >= 15 is 0 Å². The second-order valence-electron chi connectivity index (χ2n) is 0.683. The zero-order valence-electron chi connectivity index (χ0n) is 3.90. The van der Waals surface area contributed by atoms with Crippen LogP contribution in [0, 0.1) is 5.21 Å². The van der Waals surface area contributed by atoms with Crippen molar-refractivity contribution in [3.63, 3.8) is 0 Å². The molecule has 3 nitrogen and oxygen atoms in total. The van der Waals surface area contributed by atoms with Gasteiger partial charge in [0, 0.05) is 6.54 Å². The minimum Gasteiger partial charge on any atom is -0.788 e. The van der Waals surface area contributed by atoms with Gasteiger partial charge in [0.2, 0.25) is 0 Å². The topological polar surface area (TPSA) is 61.1 Å². The van der Waals surface area contributed by atoms with Crippen LogP contribution < -0.4 is 40.8 Å². The van der Waals surface area contributed by atoms with Crippen LogP contribution >= 0.6 is 0 Å². The van der Waals surface area contributed by atoms with Crippen molar-refractivity contribution in [2.24, 2.45) is 5.73 Å². The maximum atomic E-state index is 9.20. The molecule has 0 bridgehead atoms. The molecule has 0 aromatic carbocycles. The van der Waals surface area contributed by atoms with Crippen molar-refractivity contribution < 1.29 is 29.6 Å². The molecule has 0 aromatic heterocycles. The van der Waals surface area contributed by atoms with Crippen LogP contribution in [0.2, 0.25) is 0 Å². The Bertz CT molecular complexity index is 19.0. The van der Waals surface area contributed by atoms with Crippen LogP contribution in [0.5, 0.6) is 0 Å². The standard InChI is InChI=1S/C2H7N2O.Na/c3-1-2-4-5;/h4H,1-3H2;/q-1;+1. The van der Waals surface area contributed by atoms with E-state index in [9.17, 15) is 5.21 Å². The van der Waals surface area contributed by atoms with E-state index in [-0.39, 0.29) is 29.6 Å². The first-order chi connectivity index (χ1) is 2.41. The van der Waals surface area contributed by atoms with E-state index in [0.29, 0.717) is 13.1 Å². The fourth-order valence-electron chi connectivity index (χ4n) is 0.0589. The van der Waals surface area contributed by atoms with Crippen molar-refractivity contribution in [3.05, 3.63) is 5.21 Å². The van der Waals surface area contributed by atoms with Crippen LogP contribution in [0.1, 0.15) is 0 Å². The summed E-state index contributed by atoms with van der Waals surface area (Å²) in [4.78, 5) is 0. The summed E-state index contributed by atoms with van der Waals surface area (Å²) in [6.07, 6.45) is 0. The van der Waals surface area contributed by atoms with Crippen LogP contribution in [-0.4, -0.2) is 13.1 Å². The van der Waals surface area contributed by atoms with E-state index in [2.05, 4.69) is 0 Å². The average Bonchev–Trinajstić information content (AvgIpc) is 1.41. The van der Waals surface area contributed by atoms with Gasteiger partial charge in [0.25, 0.3) is 0 Å². The molecule has 32 valence electrons. The summed E-state index contributed by atoms with van der Waals surface area (Å²) >= 11 is 0. The molecule has 6 heavy (non-hydrogen) atoms. The largest absolute Gasteiger partial charge is 1.00 e. The fraction of sp³-hybridized carbons (Fsp3) is 1.00. The molecule has 0 aliphatic heterocycles. The first-order valence-corrected chi connectivity index (χ1v) is 1.47. The Morgan fingerprint density at radius 2 is 2.17 bits per heavy atom. The Morgan fingerprint density at radius 3 is 2.17 bits per heavy atom. The van der Waals surface area contributed by atoms with E-state index in [1.807, 2.05) is 0 Å². The Hall–Kier alpha value is 0.880. The smallest absolute Gasteiger partial charge is 0.788 e. The van der Waals surface area contributed by atoms with Gasteiger partial charge in [-0.2, -0.15) is 0 Å². The van der Waals surface area contributed by atoms with Gasteiger partial charge >= 0.3 is 29.6 Å². The summed E-state index contributed by atoms with van der Waals surface area (Å²) in [5.41, 5.74) is 6.52. The van der Waals surface area contributed by atoms with Gasteiger partial charge in [-0.1, -0.05) is 0 Å². The molecular formula is C2H7N2NaO. The zero-order valence-corrected chi connectivity index (χ0v) is 5.90. The molecule has 0 amide bonds. The average molecular weight is 98.1 g/mol. The normalized spacial score (nSPS) is 7.00. The molecule has 0 saturated heterocycles. The monoisotopic (exact) mass is 98.0 g/mol. The Morgan fingerprint density at radius 1 is 1.67 bits per heavy atom. The predicted octanol–water partition coefficient (Wildman–Crippen LogP) is -3.96. The van der Waals surface area contributed by atoms with Crippen LogP contribution in [0.4, 0.5) is 0 Å². The summed E-state index contributed by atoms with van der Waals surface area (Å²) in [5, 5.41) is 9.20. The summed E-state index contributed by atoms with van der Waals surface area (Å²) in [5.74, 6) is 0. The van der Waals surface area contributed by atoms with Crippen molar-refractivity contribution >= 4 is 0 Å². The molecule has 0 rings (SSSR count). The summed E-state index contributed by atoms with van der Waals surface area (Å²) < 4.78 is 0. The van der Waals surface area contributed by atoms with Gasteiger partial charge < -0.3 is 16.4 Å². The van der Waals surface area contributed by atoms with Crippen LogP contribution in [0.15, 0.2) is 0 Å². The third kappa shape index (κ3) is 8.86. The number of hydroxylamine groups is 1. The maximum absolute atomic E-state index is 9.20. The SMILES string of the molecule is NCCN[O-].[Na+]. The number of hydrogen-bond acceptors (Lipinski definition) is 3. The summed E-state index contributed by atoms with van der Waals surface area (Å²) in [6.45, 7) is 0.781. The van der Waals surface area contributed by atoms with Gasteiger partial charge in [-0.05, 0) is 6.54 Å². The van der Waals surface area contributed by atoms with Gasteiger partial charge in [0.15, 0.2) is 0 Å². The summed E-state index contributed by atoms with van der Waals surface area (Å²) in [6, 6.07) is 0. The Labute approximate surface area is 59.2 Å². The van der Waals surface area contributed by atoms with Crippen LogP contribution in [0.3, 0.4) is 0 Å². The molecule has 0 heterocycles. The second-order valence-corrected chi connectivity index (χ2v) is 0.683. The molecule has 0 aromatic rings. The molecule has 0 fully saturated rings. The number of hydrogen-bond donors (Lipinski definition) is 2. The van der Waals surface area contributed by atoms with Crippen molar-refractivity contribution in [2.75, 3.05) is 13.1 Å². The van der Waals surface area contributed by atoms with E-state index in [1.165, 1.54) is 0 Å². The molecule has 0 spiro atoms. The first kappa shape index (κ1) is 9.99. The quantitative estimate of drug-likeness (QED) is 0.273. The van der Waals surface area contributed by atoms with E-state index in [4.69, 9.17) is 5.73 Å². The minimum absolute atomic E-state index is 0. The van der Waals surface area contributed by atoms with Crippen molar-refractivity contribution in [1.29, 1.82) is 0 Å². The molecule has 0 saturated carbocycles. The number of nitrogens with two attached hydrogens (primary N) is 1. The third-order valence-corrected chi connectivity index (χ3v) is 0.246. The van der Waals surface area contributed by atoms with Crippen molar-refractivity contribution in [2.45, 2.75) is 0 Å². The molecule has 0 unspecified atom stereocenters. The Kier molecular flexibility index (Phi) is 15.5. The van der Waals surface area contributed by atoms with Gasteiger partial charge in [-0.25, -0.2) is 0 Å². The fourth-order valence-corrected chi connectivity index (χ4v) is 0.0589. The molecule has 3 N–H and O–H groups in total. The second kappa shape index (κ2) is 9.30. The molecule has 0 radical (unpaired) electrons. The molecule has 4 heteroatoms. The molecule has 0 aliphatic rings. The number of nitrogens with one attached hydrogen (secondary N) is 1. The van der Waals surface area contributed by atoms with Crippen molar-refractivity contribution in [3.8, 4) is 0 Å². The van der Waals surface area contributed by atoms with Gasteiger partial charge in [0.1, 0.15) is 0 Å². The van der Waals surface area contributed by atoms with E-state index in [0.717, 1.165) is 0 Å². The summed E-state index contributed by atoms with van der Waals surface area (Å²) in [7, 11) is 0. The molecular weight excluding hydrogens is 91.0 g/mol. The maximum Gasteiger partial charge on any atom is 1.00 e.